The second-order valence-electron chi connectivity index (χ2n) is 3.79. The second-order valence-corrected chi connectivity index (χ2v) is 3.79. The van der Waals surface area contributed by atoms with E-state index in [2.05, 4.69) is 10.4 Å². The molecule has 0 bridgehead atoms. The fourth-order valence-corrected chi connectivity index (χ4v) is 1.62. The number of nitrogens with two attached hydrogens (primary N) is 1. The molecule has 3 N–H and O–H groups in total. The van der Waals surface area contributed by atoms with Crippen LogP contribution in [0.3, 0.4) is 0 Å². The third kappa shape index (κ3) is 2.27. The lowest BCUT2D eigenvalue weighted by molar-refractivity contribution is 0.0602. The number of hydrogen-bond acceptors (Lipinski definition) is 5. The molecule has 0 saturated carbocycles. The van der Waals surface area contributed by atoms with Crippen molar-refractivity contribution in [2.45, 2.75) is 0 Å². The summed E-state index contributed by atoms with van der Waals surface area (Å²) in [4.78, 5) is 11.6. The first-order valence-electron chi connectivity index (χ1n) is 5.34. The van der Waals surface area contributed by atoms with E-state index >= 15 is 0 Å². The van der Waals surface area contributed by atoms with Gasteiger partial charge in [-0.15, -0.1) is 0 Å². The number of nitrogens with one attached hydrogen (secondary N) is 1. The van der Waals surface area contributed by atoms with Crippen molar-refractivity contribution in [3.8, 4) is 0 Å². The smallest absolute Gasteiger partial charge is 0.340 e. The van der Waals surface area contributed by atoms with Crippen LogP contribution in [0, 0.1) is 0 Å². The zero-order valence-electron chi connectivity index (χ0n) is 10.2. The summed E-state index contributed by atoms with van der Waals surface area (Å²) in [5.74, 6) is -0.436. The molecule has 1 aromatic carbocycles. The minimum absolute atomic E-state index is 0.390. The van der Waals surface area contributed by atoms with Crippen LogP contribution in [-0.4, -0.2) is 22.9 Å². The molecule has 0 aliphatic rings. The number of carbonyl (C=O) groups is 1. The number of hydrogen-bond donors (Lipinski definition) is 2. The maximum atomic E-state index is 11.6. The SMILES string of the molecule is COC(=O)c1cccc(N)c1Nc1cnn(C)c1. The van der Waals surface area contributed by atoms with Crippen molar-refractivity contribution in [2.24, 2.45) is 7.05 Å². The van der Waals surface area contributed by atoms with Gasteiger partial charge in [-0.3, -0.25) is 4.68 Å². The van der Waals surface area contributed by atoms with Gasteiger partial charge < -0.3 is 15.8 Å². The van der Waals surface area contributed by atoms with Gasteiger partial charge in [0.25, 0.3) is 0 Å². The normalized spacial score (nSPS) is 10.1. The maximum absolute atomic E-state index is 11.6. The van der Waals surface area contributed by atoms with Crippen molar-refractivity contribution in [3.05, 3.63) is 36.2 Å². The molecule has 18 heavy (non-hydrogen) atoms. The van der Waals surface area contributed by atoms with E-state index in [4.69, 9.17) is 10.5 Å². The number of benzene rings is 1. The predicted octanol–water partition coefficient (Wildman–Crippen LogP) is 1.53. The Balaban J connectivity index is 2.39. The zero-order chi connectivity index (χ0) is 13.1. The molecular weight excluding hydrogens is 232 g/mol. The lowest BCUT2D eigenvalue weighted by Crippen LogP contribution is -2.07. The summed E-state index contributed by atoms with van der Waals surface area (Å²) in [5, 5.41) is 7.10. The molecule has 0 radical (unpaired) electrons. The average Bonchev–Trinajstić information content (AvgIpc) is 2.76. The van der Waals surface area contributed by atoms with Crippen LogP contribution in [-0.2, 0) is 11.8 Å². The molecule has 0 saturated heterocycles. The number of para-hydroxylation sites is 1. The molecule has 1 aromatic heterocycles. The van der Waals surface area contributed by atoms with Crippen LogP contribution in [0.25, 0.3) is 0 Å². The fraction of sp³-hybridized carbons (Fsp3) is 0.167. The Bertz CT molecular complexity index is 577. The van der Waals surface area contributed by atoms with Gasteiger partial charge in [0.2, 0.25) is 0 Å². The van der Waals surface area contributed by atoms with E-state index in [0.717, 1.165) is 5.69 Å². The third-order valence-electron chi connectivity index (χ3n) is 2.48. The van der Waals surface area contributed by atoms with Gasteiger partial charge in [0.1, 0.15) is 0 Å². The molecule has 1 heterocycles. The molecule has 0 amide bonds. The number of ether oxygens (including phenoxy) is 1. The van der Waals surface area contributed by atoms with Crippen LogP contribution in [0.4, 0.5) is 17.1 Å². The summed E-state index contributed by atoms with van der Waals surface area (Å²) in [6.07, 6.45) is 3.43. The molecule has 6 nitrogen and oxygen atoms in total. The van der Waals surface area contributed by atoms with Crippen molar-refractivity contribution in [3.63, 3.8) is 0 Å². The van der Waals surface area contributed by atoms with Crippen LogP contribution < -0.4 is 11.1 Å². The minimum atomic E-state index is -0.436. The molecule has 0 unspecified atom stereocenters. The van der Waals surface area contributed by atoms with Gasteiger partial charge in [0.15, 0.2) is 0 Å². The van der Waals surface area contributed by atoms with Gasteiger partial charge in [-0.2, -0.15) is 5.10 Å². The maximum Gasteiger partial charge on any atom is 0.340 e. The highest BCUT2D eigenvalue weighted by molar-refractivity contribution is 5.99. The molecule has 0 atom stereocenters. The van der Waals surface area contributed by atoms with E-state index in [1.165, 1.54) is 7.11 Å². The van der Waals surface area contributed by atoms with Crippen LogP contribution in [0.1, 0.15) is 10.4 Å². The number of aromatic nitrogens is 2. The molecule has 0 spiro atoms. The summed E-state index contributed by atoms with van der Waals surface area (Å²) < 4.78 is 6.37. The number of methoxy groups -OCH3 is 1. The van der Waals surface area contributed by atoms with Gasteiger partial charge in [-0.1, -0.05) is 6.07 Å². The van der Waals surface area contributed by atoms with Crippen molar-refractivity contribution in [1.82, 2.24) is 9.78 Å². The van der Waals surface area contributed by atoms with Gasteiger partial charge in [-0.05, 0) is 12.1 Å². The molecule has 94 valence electrons. The topological polar surface area (TPSA) is 82.2 Å². The van der Waals surface area contributed by atoms with E-state index in [0.29, 0.717) is 16.9 Å². The Kier molecular flexibility index (Phi) is 3.18. The Hall–Kier alpha value is -2.50. The highest BCUT2D eigenvalue weighted by Crippen LogP contribution is 2.27. The number of nitrogen functional groups attached to an aromatic ring is 1. The van der Waals surface area contributed by atoms with E-state index in [1.54, 1.807) is 42.3 Å². The van der Waals surface area contributed by atoms with E-state index in [1.807, 2.05) is 0 Å². The Labute approximate surface area is 104 Å². The van der Waals surface area contributed by atoms with E-state index in [-0.39, 0.29) is 0 Å². The molecule has 0 aliphatic heterocycles. The summed E-state index contributed by atoms with van der Waals surface area (Å²) in [5.41, 5.74) is 8.01. The van der Waals surface area contributed by atoms with Gasteiger partial charge >= 0.3 is 5.97 Å². The van der Waals surface area contributed by atoms with Crippen LogP contribution in [0.15, 0.2) is 30.6 Å². The standard InChI is InChI=1S/C12H14N4O2/c1-16-7-8(6-14-16)15-11-9(12(17)18-2)4-3-5-10(11)13/h3-7,15H,13H2,1-2H3. The number of aryl methyl sites for hydroxylation is 1. The molecule has 2 rings (SSSR count). The summed E-state index contributed by atoms with van der Waals surface area (Å²) in [6.45, 7) is 0. The Morgan fingerprint density at radius 3 is 2.89 bits per heavy atom. The first-order valence-corrected chi connectivity index (χ1v) is 5.34. The number of rotatable bonds is 3. The largest absolute Gasteiger partial charge is 0.465 e. The first-order chi connectivity index (χ1) is 8.61. The fourth-order valence-electron chi connectivity index (χ4n) is 1.62. The van der Waals surface area contributed by atoms with Crippen molar-refractivity contribution < 1.29 is 9.53 Å². The quantitative estimate of drug-likeness (QED) is 0.634. The average molecular weight is 246 g/mol. The van der Waals surface area contributed by atoms with Crippen molar-refractivity contribution in [2.75, 3.05) is 18.2 Å². The van der Waals surface area contributed by atoms with Crippen LogP contribution in [0.5, 0.6) is 0 Å². The number of esters is 1. The van der Waals surface area contributed by atoms with Gasteiger partial charge in [-0.25, -0.2) is 4.79 Å². The van der Waals surface area contributed by atoms with Gasteiger partial charge in [0, 0.05) is 13.2 Å². The minimum Gasteiger partial charge on any atom is -0.465 e. The molecule has 0 fully saturated rings. The zero-order valence-corrected chi connectivity index (χ0v) is 10.2. The van der Waals surface area contributed by atoms with Crippen LogP contribution in [0.2, 0.25) is 0 Å². The molecular formula is C12H14N4O2. The van der Waals surface area contributed by atoms with Crippen molar-refractivity contribution >= 4 is 23.0 Å². The molecule has 6 heteroatoms. The highest BCUT2D eigenvalue weighted by Gasteiger charge is 2.14. The van der Waals surface area contributed by atoms with E-state index < -0.39 is 5.97 Å². The molecule has 0 aliphatic carbocycles. The third-order valence-corrected chi connectivity index (χ3v) is 2.48. The van der Waals surface area contributed by atoms with Gasteiger partial charge in [0.05, 0.1) is 35.9 Å². The number of nitrogens with zero attached hydrogens (tertiary/aromatic N) is 2. The Morgan fingerprint density at radius 1 is 1.50 bits per heavy atom. The predicted molar refractivity (Wildman–Crippen MR) is 68.7 cm³/mol. The lowest BCUT2D eigenvalue weighted by atomic mass is 10.1. The summed E-state index contributed by atoms with van der Waals surface area (Å²) >= 11 is 0. The first kappa shape index (κ1) is 12.0. The molecule has 2 aromatic rings. The number of anilines is 3. The van der Waals surface area contributed by atoms with Crippen LogP contribution >= 0.6 is 0 Å². The van der Waals surface area contributed by atoms with E-state index in [9.17, 15) is 4.79 Å². The Morgan fingerprint density at radius 2 is 2.28 bits per heavy atom. The summed E-state index contributed by atoms with van der Waals surface area (Å²) in [7, 11) is 3.14. The summed E-state index contributed by atoms with van der Waals surface area (Å²) in [6, 6.07) is 5.07. The lowest BCUT2D eigenvalue weighted by Gasteiger charge is -2.11. The second kappa shape index (κ2) is 4.79. The highest BCUT2D eigenvalue weighted by atomic mass is 16.5. The van der Waals surface area contributed by atoms with Crippen molar-refractivity contribution in [1.29, 1.82) is 0 Å². The monoisotopic (exact) mass is 246 g/mol. The number of carbonyl (C=O) groups excluding carboxylic acids is 1.